The number of rotatable bonds is 7. The molecule has 10 aromatic rings. The van der Waals surface area contributed by atoms with Crippen LogP contribution in [0, 0.1) is 0 Å². The van der Waals surface area contributed by atoms with Crippen molar-refractivity contribution in [1.82, 2.24) is 15.0 Å². The third kappa shape index (κ3) is 6.12. The SMILES string of the molecule is c1ccc(-c2cccc(-c3nc(-c4ccccc4)nc(-c4cccc(-c5c6ccccc6c(-c6ccccc6-c6ccccc6)c6ccccc56)c4)n3)c2)cc1. The van der Waals surface area contributed by atoms with Crippen molar-refractivity contribution in [2.24, 2.45) is 0 Å². The minimum atomic E-state index is 0.628. The van der Waals surface area contributed by atoms with Gasteiger partial charge in [-0.2, -0.15) is 0 Å². The molecule has 0 unspecified atom stereocenters. The predicted octanol–water partition coefficient (Wildman–Crippen LogP) is 13.8. The highest BCUT2D eigenvalue weighted by molar-refractivity contribution is 6.22. The van der Waals surface area contributed by atoms with Crippen LogP contribution in [0.1, 0.15) is 0 Å². The van der Waals surface area contributed by atoms with Gasteiger partial charge in [0.15, 0.2) is 17.5 Å². The van der Waals surface area contributed by atoms with Gasteiger partial charge in [-0.05, 0) is 78.2 Å². The summed E-state index contributed by atoms with van der Waals surface area (Å²) in [6, 6.07) is 74.8. The standard InChI is InChI=1S/C53H35N3/c1-4-18-36(19-5-1)39-24-16-26-41(34-39)52-54-51(38-22-8-3-9-23-38)55-53(56-52)42-27-17-25-40(35-42)49-45-30-12-14-32-47(45)50(48-33-15-13-31-46(48)49)44-29-11-10-28-43(44)37-20-6-2-7-21-37/h1-35H. The summed E-state index contributed by atoms with van der Waals surface area (Å²) in [5, 5.41) is 4.81. The molecule has 56 heavy (non-hydrogen) atoms. The Balaban J connectivity index is 1.16. The highest BCUT2D eigenvalue weighted by Gasteiger charge is 2.20. The van der Waals surface area contributed by atoms with Gasteiger partial charge in [0.2, 0.25) is 0 Å². The molecule has 0 amide bonds. The fourth-order valence-electron chi connectivity index (χ4n) is 7.93. The van der Waals surface area contributed by atoms with E-state index in [1.54, 1.807) is 0 Å². The van der Waals surface area contributed by atoms with Crippen LogP contribution in [0.4, 0.5) is 0 Å². The second kappa shape index (κ2) is 14.4. The number of hydrogen-bond donors (Lipinski definition) is 0. The van der Waals surface area contributed by atoms with E-state index in [2.05, 4.69) is 188 Å². The average Bonchev–Trinajstić information content (AvgIpc) is 3.29. The van der Waals surface area contributed by atoms with Crippen LogP contribution in [0.3, 0.4) is 0 Å². The van der Waals surface area contributed by atoms with Crippen molar-refractivity contribution in [3.05, 3.63) is 212 Å². The molecule has 3 nitrogen and oxygen atoms in total. The molecule has 1 heterocycles. The van der Waals surface area contributed by atoms with Crippen LogP contribution in [0.5, 0.6) is 0 Å². The molecule has 0 saturated heterocycles. The summed E-state index contributed by atoms with van der Waals surface area (Å²) in [6.45, 7) is 0. The lowest BCUT2D eigenvalue weighted by Gasteiger charge is -2.20. The lowest BCUT2D eigenvalue weighted by atomic mass is 9.83. The molecule has 0 aliphatic heterocycles. The Morgan fingerprint density at radius 1 is 0.214 bits per heavy atom. The Hall–Kier alpha value is -7.49. The number of aromatic nitrogens is 3. The zero-order chi connectivity index (χ0) is 37.3. The summed E-state index contributed by atoms with van der Waals surface area (Å²) in [4.78, 5) is 15.3. The van der Waals surface area contributed by atoms with Crippen molar-refractivity contribution in [3.63, 3.8) is 0 Å². The van der Waals surface area contributed by atoms with Gasteiger partial charge >= 0.3 is 0 Å². The third-order valence-electron chi connectivity index (χ3n) is 10.5. The van der Waals surface area contributed by atoms with Crippen LogP contribution in [0.25, 0.3) is 100 Å². The molecule has 3 heteroatoms. The van der Waals surface area contributed by atoms with Crippen LogP contribution < -0.4 is 0 Å². The Morgan fingerprint density at radius 3 is 1.12 bits per heavy atom. The number of nitrogens with zero attached hydrogens (tertiary/aromatic N) is 3. The van der Waals surface area contributed by atoms with Crippen molar-refractivity contribution in [2.45, 2.75) is 0 Å². The minimum absolute atomic E-state index is 0.628. The normalized spacial score (nSPS) is 11.2. The van der Waals surface area contributed by atoms with E-state index in [1.165, 1.54) is 49.4 Å². The van der Waals surface area contributed by atoms with Gasteiger partial charge in [0, 0.05) is 16.7 Å². The molecular weight excluding hydrogens is 679 g/mol. The Morgan fingerprint density at radius 2 is 0.571 bits per heavy atom. The number of fused-ring (bicyclic) bond motifs is 2. The average molecular weight is 714 g/mol. The second-order valence-corrected chi connectivity index (χ2v) is 14.0. The van der Waals surface area contributed by atoms with E-state index in [0.717, 1.165) is 33.4 Å². The van der Waals surface area contributed by atoms with Crippen LogP contribution >= 0.6 is 0 Å². The van der Waals surface area contributed by atoms with Crippen LogP contribution in [0.2, 0.25) is 0 Å². The Labute approximate surface area is 326 Å². The van der Waals surface area contributed by atoms with E-state index in [0.29, 0.717) is 17.5 Å². The van der Waals surface area contributed by atoms with Gasteiger partial charge < -0.3 is 0 Å². The molecule has 10 rings (SSSR count). The lowest BCUT2D eigenvalue weighted by molar-refractivity contribution is 1.07. The minimum Gasteiger partial charge on any atom is -0.208 e. The van der Waals surface area contributed by atoms with Gasteiger partial charge in [0.1, 0.15) is 0 Å². The molecule has 0 aliphatic carbocycles. The highest BCUT2D eigenvalue weighted by atomic mass is 15.0. The quantitative estimate of drug-likeness (QED) is 0.154. The molecule has 0 N–H and O–H groups in total. The molecule has 0 aliphatic rings. The van der Waals surface area contributed by atoms with E-state index in [9.17, 15) is 0 Å². The van der Waals surface area contributed by atoms with Gasteiger partial charge in [-0.15, -0.1) is 0 Å². The molecule has 0 atom stereocenters. The molecular formula is C53H35N3. The molecule has 0 radical (unpaired) electrons. The van der Waals surface area contributed by atoms with Crippen LogP contribution in [0.15, 0.2) is 212 Å². The lowest BCUT2D eigenvalue weighted by Crippen LogP contribution is -2.00. The van der Waals surface area contributed by atoms with Crippen LogP contribution in [-0.4, -0.2) is 15.0 Å². The first-order valence-electron chi connectivity index (χ1n) is 18.9. The van der Waals surface area contributed by atoms with Gasteiger partial charge in [0.25, 0.3) is 0 Å². The third-order valence-corrected chi connectivity index (χ3v) is 10.5. The van der Waals surface area contributed by atoms with E-state index in [1.807, 2.05) is 24.3 Å². The van der Waals surface area contributed by atoms with Crippen molar-refractivity contribution in [3.8, 4) is 78.7 Å². The molecule has 0 saturated carbocycles. The van der Waals surface area contributed by atoms with Crippen LogP contribution in [-0.2, 0) is 0 Å². The molecule has 0 bridgehead atoms. The number of benzene rings is 9. The Kier molecular flexibility index (Phi) is 8.51. The first kappa shape index (κ1) is 33.1. The molecule has 1 aromatic heterocycles. The molecule has 9 aromatic carbocycles. The summed E-state index contributed by atoms with van der Waals surface area (Å²) >= 11 is 0. The van der Waals surface area contributed by atoms with Crippen molar-refractivity contribution in [2.75, 3.05) is 0 Å². The molecule has 0 fully saturated rings. The maximum atomic E-state index is 5.16. The van der Waals surface area contributed by atoms with E-state index in [4.69, 9.17) is 15.0 Å². The zero-order valence-electron chi connectivity index (χ0n) is 30.5. The molecule has 262 valence electrons. The predicted molar refractivity (Wildman–Crippen MR) is 233 cm³/mol. The zero-order valence-corrected chi connectivity index (χ0v) is 30.5. The number of hydrogen-bond acceptors (Lipinski definition) is 3. The first-order valence-corrected chi connectivity index (χ1v) is 18.9. The summed E-state index contributed by atoms with van der Waals surface area (Å²) < 4.78 is 0. The van der Waals surface area contributed by atoms with Gasteiger partial charge in [0.05, 0.1) is 0 Å². The second-order valence-electron chi connectivity index (χ2n) is 14.0. The summed E-state index contributed by atoms with van der Waals surface area (Å²) in [5.74, 6) is 1.90. The summed E-state index contributed by atoms with van der Waals surface area (Å²) in [6.07, 6.45) is 0. The topological polar surface area (TPSA) is 38.7 Å². The maximum absolute atomic E-state index is 5.16. The van der Waals surface area contributed by atoms with Crippen molar-refractivity contribution >= 4 is 21.5 Å². The van der Waals surface area contributed by atoms with E-state index >= 15 is 0 Å². The largest absolute Gasteiger partial charge is 0.208 e. The van der Waals surface area contributed by atoms with Crippen molar-refractivity contribution < 1.29 is 0 Å². The van der Waals surface area contributed by atoms with Gasteiger partial charge in [-0.25, -0.2) is 15.0 Å². The van der Waals surface area contributed by atoms with E-state index in [-0.39, 0.29) is 0 Å². The maximum Gasteiger partial charge on any atom is 0.164 e. The summed E-state index contributed by atoms with van der Waals surface area (Å²) in [5.41, 5.74) is 12.2. The summed E-state index contributed by atoms with van der Waals surface area (Å²) in [7, 11) is 0. The fraction of sp³-hybridized carbons (Fsp3) is 0. The Bertz CT molecular complexity index is 2950. The monoisotopic (exact) mass is 713 g/mol. The highest BCUT2D eigenvalue weighted by Crippen LogP contribution is 2.46. The van der Waals surface area contributed by atoms with E-state index < -0.39 is 0 Å². The van der Waals surface area contributed by atoms with Crippen molar-refractivity contribution in [1.29, 1.82) is 0 Å². The molecule has 0 spiro atoms. The fourth-order valence-corrected chi connectivity index (χ4v) is 7.93. The smallest absolute Gasteiger partial charge is 0.164 e. The van der Waals surface area contributed by atoms with Gasteiger partial charge in [-0.1, -0.05) is 200 Å². The van der Waals surface area contributed by atoms with Gasteiger partial charge in [-0.3, -0.25) is 0 Å². The first-order chi connectivity index (χ1) is 27.8.